The third-order valence-corrected chi connectivity index (χ3v) is 12.4. The second kappa shape index (κ2) is 47.8. The van der Waals surface area contributed by atoms with Gasteiger partial charge in [-0.1, -0.05) is 250 Å². The molecule has 59 heavy (non-hydrogen) atoms. The van der Waals surface area contributed by atoms with E-state index in [2.05, 4.69) is 43.5 Å². The van der Waals surface area contributed by atoms with Gasteiger partial charge in [-0.2, -0.15) is 0 Å². The fourth-order valence-electron chi connectivity index (χ4n) is 8.25. The van der Waals surface area contributed by atoms with Gasteiger partial charge in [-0.05, 0) is 51.4 Å². The molecule has 0 saturated heterocycles. The van der Waals surface area contributed by atoms with Gasteiger partial charge in [0.15, 0.2) is 0 Å². The van der Waals surface area contributed by atoms with Crippen LogP contribution in [0.15, 0.2) is 24.3 Å². The van der Waals surface area contributed by atoms with Crippen molar-refractivity contribution in [3.05, 3.63) is 24.3 Å². The summed E-state index contributed by atoms with van der Waals surface area (Å²) in [6, 6.07) is -1.00. The van der Waals surface area contributed by atoms with Crippen molar-refractivity contribution in [3.8, 4) is 0 Å². The molecule has 350 valence electrons. The quantitative estimate of drug-likeness (QED) is 0.0310. The Kier molecular flexibility index (Phi) is 46.9. The minimum absolute atomic E-state index is 0.363. The Morgan fingerprint density at radius 3 is 1.07 bits per heavy atom. The summed E-state index contributed by atoms with van der Waals surface area (Å²) in [4.78, 5) is 12.5. The van der Waals surface area contributed by atoms with Crippen molar-refractivity contribution in [2.24, 2.45) is 0 Å². The Morgan fingerprint density at radius 2 is 0.712 bits per heavy atom. The molecule has 6 heteroatoms. The molecule has 0 fully saturated rings. The summed E-state index contributed by atoms with van der Waals surface area (Å²) in [6.07, 6.45) is 56.9. The summed E-state index contributed by atoms with van der Waals surface area (Å²) >= 11 is 0. The number of amides is 1. The number of carbonyl (C=O) groups excluding carboxylic acids is 1. The Bertz CT molecular complexity index is 893. The number of carbonyl (C=O) groups is 1. The number of aliphatic hydroxyl groups is 4. The molecule has 4 unspecified atom stereocenters. The standard InChI is InChI=1S/C53H103NO5/c1-3-5-7-9-11-13-15-17-18-19-20-21-22-23-24-25-26-27-28-29-30-31-32-33-34-35-37-38-40-42-44-46-50(56)52(58)49(48-55)54-53(59)51(57)47-45-43-41-39-36-16-14-12-10-8-6-4-2/h33-34,38,40,49-52,55-58H,3-32,35-37,39,41-48H2,1-2H3,(H,54,59)/b34-33+,40-38+. The number of aliphatic hydroxyl groups excluding tert-OH is 4. The van der Waals surface area contributed by atoms with E-state index in [-0.39, 0.29) is 0 Å². The van der Waals surface area contributed by atoms with Crippen molar-refractivity contribution in [1.29, 1.82) is 0 Å². The van der Waals surface area contributed by atoms with Crippen molar-refractivity contribution < 1.29 is 25.2 Å². The lowest BCUT2D eigenvalue weighted by Crippen LogP contribution is -2.53. The lowest BCUT2D eigenvalue weighted by molar-refractivity contribution is -0.132. The molecule has 0 radical (unpaired) electrons. The molecular formula is C53H103NO5. The van der Waals surface area contributed by atoms with Gasteiger partial charge < -0.3 is 25.7 Å². The number of unbranched alkanes of at least 4 members (excludes halogenated alkanes) is 35. The van der Waals surface area contributed by atoms with Gasteiger partial charge in [-0.25, -0.2) is 0 Å². The van der Waals surface area contributed by atoms with Crippen LogP contribution < -0.4 is 5.32 Å². The minimum atomic E-state index is -1.29. The predicted octanol–water partition coefficient (Wildman–Crippen LogP) is 14.7. The second-order valence-electron chi connectivity index (χ2n) is 18.2. The van der Waals surface area contributed by atoms with Crippen LogP contribution in [-0.2, 0) is 4.79 Å². The molecule has 0 aromatic carbocycles. The van der Waals surface area contributed by atoms with Crippen molar-refractivity contribution >= 4 is 5.91 Å². The monoisotopic (exact) mass is 834 g/mol. The van der Waals surface area contributed by atoms with E-state index in [9.17, 15) is 25.2 Å². The summed E-state index contributed by atoms with van der Waals surface area (Å²) in [5.41, 5.74) is 0. The van der Waals surface area contributed by atoms with Gasteiger partial charge in [-0.15, -0.1) is 0 Å². The maximum absolute atomic E-state index is 12.5. The zero-order chi connectivity index (χ0) is 43.1. The summed E-state index contributed by atoms with van der Waals surface area (Å²) in [6.45, 7) is 4.05. The number of allylic oxidation sites excluding steroid dienone is 4. The molecule has 0 saturated carbocycles. The molecule has 4 atom stereocenters. The summed E-state index contributed by atoms with van der Waals surface area (Å²) in [5, 5.41) is 43.7. The lowest BCUT2D eigenvalue weighted by atomic mass is 10.00. The van der Waals surface area contributed by atoms with Gasteiger partial charge in [0.05, 0.1) is 18.8 Å². The zero-order valence-electron chi connectivity index (χ0n) is 39.5. The fourth-order valence-corrected chi connectivity index (χ4v) is 8.25. The summed E-state index contributed by atoms with van der Waals surface area (Å²) in [5.74, 6) is -0.596. The zero-order valence-corrected chi connectivity index (χ0v) is 39.5. The third-order valence-electron chi connectivity index (χ3n) is 12.4. The highest BCUT2D eigenvalue weighted by atomic mass is 16.3. The first-order valence-corrected chi connectivity index (χ1v) is 26.2. The molecule has 0 aliphatic rings. The molecule has 0 aromatic rings. The van der Waals surface area contributed by atoms with Crippen LogP contribution in [-0.4, -0.2) is 57.3 Å². The van der Waals surface area contributed by atoms with Gasteiger partial charge >= 0.3 is 0 Å². The fraction of sp³-hybridized carbons (Fsp3) is 0.906. The summed E-state index contributed by atoms with van der Waals surface area (Å²) < 4.78 is 0. The van der Waals surface area contributed by atoms with Crippen LogP contribution in [0.2, 0.25) is 0 Å². The van der Waals surface area contributed by atoms with Gasteiger partial charge in [0, 0.05) is 0 Å². The molecule has 0 aliphatic carbocycles. The molecule has 5 N–H and O–H groups in total. The molecule has 0 aliphatic heterocycles. The van der Waals surface area contributed by atoms with E-state index in [1.54, 1.807) is 0 Å². The Hall–Kier alpha value is -1.21. The molecule has 0 bridgehead atoms. The van der Waals surface area contributed by atoms with Gasteiger partial charge in [-0.3, -0.25) is 4.79 Å². The predicted molar refractivity (Wildman–Crippen MR) is 256 cm³/mol. The van der Waals surface area contributed by atoms with Crippen LogP contribution >= 0.6 is 0 Å². The molecule has 0 aromatic heterocycles. The molecule has 0 heterocycles. The van der Waals surface area contributed by atoms with E-state index in [1.165, 1.54) is 205 Å². The van der Waals surface area contributed by atoms with Crippen molar-refractivity contribution in [1.82, 2.24) is 5.32 Å². The number of nitrogens with one attached hydrogen (secondary N) is 1. The topological polar surface area (TPSA) is 110 Å². The number of rotatable bonds is 48. The summed E-state index contributed by atoms with van der Waals surface area (Å²) in [7, 11) is 0. The van der Waals surface area contributed by atoms with Crippen molar-refractivity contribution in [3.63, 3.8) is 0 Å². The van der Waals surface area contributed by atoms with Crippen molar-refractivity contribution in [2.45, 2.75) is 301 Å². The largest absolute Gasteiger partial charge is 0.394 e. The van der Waals surface area contributed by atoms with Crippen LogP contribution in [0.25, 0.3) is 0 Å². The normalized spacial score (nSPS) is 14.1. The van der Waals surface area contributed by atoms with E-state index in [1.807, 2.05) is 0 Å². The maximum Gasteiger partial charge on any atom is 0.249 e. The first-order chi connectivity index (χ1) is 29.0. The third kappa shape index (κ3) is 41.9. The smallest absolute Gasteiger partial charge is 0.249 e. The van der Waals surface area contributed by atoms with Gasteiger partial charge in [0.2, 0.25) is 5.91 Å². The molecule has 0 spiro atoms. The minimum Gasteiger partial charge on any atom is -0.394 e. The number of hydrogen-bond donors (Lipinski definition) is 5. The molecule has 1 amide bonds. The van der Waals surface area contributed by atoms with Crippen LogP contribution in [0.1, 0.15) is 277 Å². The Morgan fingerprint density at radius 1 is 0.407 bits per heavy atom. The molecule has 0 rings (SSSR count). The highest BCUT2D eigenvalue weighted by Gasteiger charge is 2.28. The van der Waals surface area contributed by atoms with Crippen LogP contribution in [0.3, 0.4) is 0 Å². The first kappa shape index (κ1) is 57.8. The van der Waals surface area contributed by atoms with E-state index in [0.717, 1.165) is 38.5 Å². The van der Waals surface area contributed by atoms with E-state index >= 15 is 0 Å². The van der Waals surface area contributed by atoms with E-state index < -0.39 is 36.9 Å². The lowest BCUT2D eigenvalue weighted by Gasteiger charge is -2.27. The Balaban J connectivity index is 3.63. The van der Waals surface area contributed by atoms with Crippen LogP contribution in [0.5, 0.6) is 0 Å². The van der Waals surface area contributed by atoms with Crippen molar-refractivity contribution in [2.75, 3.05) is 6.61 Å². The molecular weight excluding hydrogens is 731 g/mol. The average molecular weight is 834 g/mol. The van der Waals surface area contributed by atoms with Gasteiger partial charge in [0.25, 0.3) is 0 Å². The van der Waals surface area contributed by atoms with Crippen LogP contribution in [0.4, 0.5) is 0 Å². The Labute approximate surface area is 367 Å². The molecule has 6 nitrogen and oxygen atoms in total. The number of hydrogen-bond acceptors (Lipinski definition) is 5. The first-order valence-electron chi connectivity index (χ1n) is 26.2. The average Bonchev–Trinajstić information content (AvgIpc) is 3.24. The van der Waals surface area contributed by atoms with E-state index in [4.69, 9.17) is 0 Å². The van der Waals surface area contributed by atoms with E-state index in [0.29, 0.717) is 19.3 Å². The SMILES string of the molecule is CCCCCCCCCCCCCCCCCCCCCCCC/C=C/CC/C=C/CCCC(O)C(O)C(CO)NC(=O)C(O)CCCCCCCCCCCCCC. The van der Waals surface area contributed by atoms with Crippen LogP contribution in [0, 0.1) is 0 Å². The highest BCUT2D eigenvalue weighted by Crippen LogP contribution is 2.17. The van der Waals surface area contributed by atoms with Gasteiger partial charge in [0.1, 0.15) is 12.2 Å². The second-order valence-corrected chi connectivity index (χ2v) is 18.2. The maximum atomic E-state index is 12.5. The highest BCUT2D eigenvalue weighted by molar-refractivity contribution is 5.80.